The summed E-state index contributed by atoms with van der Waals surface area (Å²) >= 11 is 0. The van der Waals surface area contributed by atoms with Crippen molar-refractivity contribution in [1.29, 1.82) is 0 Å². The molecule has 0 amide bonds. The maximum absolute atomic E-state index is 11.3. The molecule has 0 bridgehead atoms. The van der Waals surface area contributed by atoms with Crippen molar-refractivity contribution in [2.75, 3.05) is 12.8 Å². The first kappa shape index (κ1) is 11.6. The van der Waals surface area contributed by atoms with Gasteiger partial charge in [-0.05, 0) is 48.9 Å². The molecule has 0 spiro atoms. The molecular formula is C12H17NO2S. The van der Waals surface area contributed by atoms with Gasteiger partial charge in [-0.3, -0.25) is 0 Å². The molecule has 88 valence electrons. The topological polar surface area (TPSA) is 60.2 Å². The summed E-state index contributed by atoms with van der Waals surface area (Å²) in [4.78, 5) is 0.389. The van der Waals surface area contributed by atoms with Crippen LogP contribution < -0.4 is 5.73 Å². The van der Waals surface area contributed by atoms with Crippen LogP contribution in [0.5, 0.6) is 0 Å². The average molecular weight is 239 g/mol. The van der Waals surface area contributed by atoms with Crippen molar-refractivity contribution in [1.82, 2.24) is 0 Å². The maximum atomic E-state index is 11.3. The fourth-order valence-electron chi connectivity index (χ4n) is 2.17. The van der Waals surface area contributed by atoms with Gasteiger partial charge >= 0.3 is 0 Å². The summed E-state index contributed by atoms with van der Waals surface area (Å²) in [5, 5.41) is 0. The first-order valence-corrected chi connectivity index (χ1v) is 7.38. The third kappa shape index (κ3) is 2.13. The largest absolute Gasteiger partial charge is 0.330 e. The van der Waals surface area contributed by atoms with Crippen LogP contribution in [-0.2, 0) is 15.3 Å². The normalized spacial score (nSPS) is 18.4. The van der Waals surface area contributed by atoms with E-state index in [9.17, 15) is 8.42 Å². The van der Waals surface area contributed by atoms with Gasteiger partial charge < -0.3 is 5.73 Å². The van der Waals surface area contributed by atoms with Gasteiger partial charge in [-0.2, -0.15) is 0 Å². The highest BCUT2D eigenvalue weighted by Gasteiger charge is 2.43. The highest BCUT2D eigenvalue weighted by molar-refractivity contribution is 7.90. The van der Waals surface area contributed by atoms with Crippen molar-refractivity contribution in [3.63, 3.8) is 0 Å². The molecule has 0 atom stereocenters. The molecular weight excluding hydrogens is 222 g/mol. The molecule has 4 heteroatoms. The molecule has 2 N–H and O–H groups in total. The Labute approximate surface area is 96.6 Å². The Morgan fingerprint density at radius 3 is 2.19 bits per heavy atom. The molecule has 1 fully saturated rings. The lowest BCUT2D eigenvalue weighted by Crippen LogP contribution is -2.13. The molecule has 0 unspecified atom stereocenters. The average Bonchev–Trinajstić information content (AvgIpc) is 2.99. The molecule has 1 aliphatic carbocycles. The van der Waals surface area contributed by atoms with Gasteiger partial charge in [-0.15, -0.1) is 0 Å². The summed E-state index contributed by atoms with van der Waals surface area (Å²) in [5.74, 6) is 0. The van der Waals surface area contributed by atoms with Gasteiger partial charge in [0.2, 0.25) is 0 Å². The Kier molecular flexibility index (Phi) is 2.80. The molecule has 0 aliphatic heterocycles. The number of sulfone groups is 1. The van der Waals surface area contributed by atoms with Crippen LogP contribution in [0.2, 0.25) is 0 Å². The molecule has 1 saturated carbocycles. The van der Waals surface area contributed by atoms with Gasteiger partial charge in [-0.1, -0.05) is 12.1 Å². The van der Waals surface area contributed by atoms with Crippen LogP contribution in [0.1, 0.15) is 24.8 Å². The predicted octanol–water partition coefficient (Wildman–Crippen LogP) is 1.47. The molecule has 0 saturated heterocycles. The molecule has 1 aromatic carbocycles. The first-order valence-electron chi connectivity index (χ1n) is 5.49. The number of benzene rings is 1. The molecule has 0 aromatic heterocycles. The zero-order valence-electron chi connectivity index (χ0n) is 9.44. The molecule has 16 heavy (non-hydrogen) atoms. The Morgan fingerprint density at radius 1 is 1.25 bits per heavy atom. The number of nitrogens with two attached hydrogens (primary N) is 1. The third-order valence-electron chi connectivity index (χ3n) is 3.37. The second kappa shape index (κ2) is 3.86. The van der Waals surface area contributed by atoms with E-state index in [1.54, 1.807) is 12.1 Å². The maximum Gasteiger partial charge on any atom is 0.175 e. The molecule has 0 heterocycles. The van der Waals surface area contributed by atoms with Gasteiger partial charge in [0.05, 0.1) is 4.90 Å². The standard InChI is InChI=1S/C12H17NO2S/c1-16(14,15)11-4-2-10(3-5-11)12(6-7-12)8-9-13/h2-5H,6-9,13H2,1H3. The molecule has 0 radical (unpaired) electrons. The summed E-state index contributed by atoms with van der Waals surface area (Å²) in [6, 6.07) is 7.25. The van der Waals surface area contributed by atoms with Gasteiger partial charge in [0.15, 0.2) is 9.84 Å². The summed E-state index contributed by atoms with van der Waals surface area (Å²) < 4.78 is 22.6. The monoisotopic (exact) mass is 239 g/mol. The van der Waals surface area contributed by atoms with Gasteiger partial charge in [0.25, 0.3) is 0 Å². The minimum absolute atomic E-state index is 0.241. The Bertz CT molecular complexity index is 472. The lowest BCUT2D eigenvalue weighted by molar-refractivity contribution is 0.601. The van der Waals surface area contributed by atoms with Crippen LogP contribution in [0.3, 0.4) is 0 Å². The fraction of sp³-hybridized carbons (Fsp3) is 0.500. The van der Waals surface area contributed by atoms with Crippen LogP contribution in [0.15, 0.2) is 29.2 Å². The molecule has 2 rings (SSSR count). The van der Waals surface area contributed by atoms with E-state index in [2.05, 4.69) is 0 Å². The van der Waals surface area contributed by atoms with Crippen LogP contribution in [-0.4, -0.2) is 21.2 Å². The predicted molar refractivity (Wildman–Crippen MR) is 64.1 cm³/mol. The quantitative estimate of drug-likeness (QED) is 0.865. The zero-order valence-corrected chi connectivity index (χ0v) is 10.3. The lowest BCUT2D eigenvalue weighted by atomic mass is 9.93. The highest BCUT2D eigenvalue weighted by atomic mass is 32.2. The van der Waals surface area contributed by atoms with E-state index in [0.29, 0.717) is 11.4 Å². The molecule has 1 aromatic rings. The lowest BCUT2D eigenvalue weighted by Gasteiger charge is -2.14. The van der Waals surface area contributed by atoms with E-state index in [1.165, 1.54) is 24.7 Å². The zero-order chi connectivity index (χ0) is 11.8. The van der Waals surface area contributed by atoms with E-state index in [0.717, 1.165) is 6.42 Å². The van der Waals surface area contributed by atoms with Gasteiger partial charge in [0.1, 0.15) is 0 Å². The molecule has 1 aliphatic rings. The SMILES string of the molecule is CS(=O)(=O)c1ccc(C2(CCN)CC2)cc1. The second-order valence-corrected chi connectivity index (χ2v) is 6.63. The fourth-order valence-corrected chi connectivity index (χ4v) is 2.80. The van der Waals surface area contributed by atoms with Crippen LogP contribution >= 0.6 is 0 Å². The van der Waals surface area contributed by atoms with Crippen molar-refractivity contribution in [2.45, 2.75) is 29.6 Å². The van der Waals surface area contributed by atoms with E-state index < -0.39 is 9.84 Å². The van der Waals surface area contributed by atoms with Crippen LogP contribution in [0.4, 0.5) is 0 Å². The van der Waals surface area contributed by atoms with E-state index in [-0.39, 0.29) is 5.41 Å². The number of rotatable bonds is 4. The van der Waals surface area contributed by atoms with Gasteiger partial charge in [-0.25, -0.2) is 8.42 Å². The van der Waals surface area contributed by atoms with Crippen molar-refractivity contribution in [3.8, 4) is 0 Å². The van der Waals surface area contributed by atoms with Crippen LogP contribution in [0.25, 0.3) is 0 Å². The summed E-state index contributed by atoms with van der Waals surface area (Å²) in [7, 11) is -3.08. The Morgan fingerprint density at radius 2 is 1.81 bits per heavy atom. The Hall–Kier alpha value is -0.870. The number of hydrogen-bond donors (Lipinski definition) is 1. The van der Waals surface area contributed by atoms with Crippen molar-refractivity contribution in [3.05, 3.63) is 29.8 Å². The van der Waals surface area contributed by atoms with E-state index in [1.807, 2.05) is 12.1 Å². The third-order valence-corrected chi connectivity index (χ3v) is 4.50. The minimum atomic E-state index is -3.08. The Balaban J connectivity index is 2.27. The highest BCUT2D eigenvalue weighted by Crippen LogP contribution is 2.50. The molecule has 3 nitrogen and oxygen atoms in total. The van der Waals surface area contributed by atoms with E-state index in [4.69, 9.17) is 5.73 Å². The number of hydrogen-bond acceptors (Lipinski definition) is 3. The van der Waals surface area contributed by atoms with Crippen molar-refractivity contribution >= 4 is 9.84 Å². The second-order valence-electron chi connectivity index (χ2n) is 4.62. The van der Waals surface area contributed by atoms with Gasteiger partial charge in [0, 0.05) is 6.26 Å². The smallest absolute Gasteiger partial charge is 0.175 e. The van der Waals surface area contributed by atoms with Crippen molar-refractivity contribution < 1.29 is 8.42 Å². The first-order chi connectivity index (χ1) is 7.48. The van der Waals surface area contributed by atoms with Crippen molar-refractivity contribution in [2.24, 2.45) is 5.73 Å². The summed E-state index contributed by atoms with van der Waals surface area (Å²) in [6.07, 6.45) is 4.56. The summed E-state index contributed by atoms with van der Waals surface area (Å²) in [6.45, 7) is 0.688. The minimum Gasteiger partial charge on any atom is -0.330 e. The van der Waals surface area contributed by atoms with E-state index >= 15 is 0 Å². The summed E-state index contributed by atoms with van der Waals surface area (Å²) in [5.41, 5.74) is 7.06. The van der Waals surface area contributed by atoms with Crippen LogP contribution in [0, 0.1) is 0 Å².